The Bertz CT molecular complexity index is 706. The molecular formula is C21H25NO2. The molecule has 126 valence electrons. The Morgan fingerprint density at radius 3 is 2.54 bits per heavy atom. The first-order valence-electron chi connectivity index (χ1n) is 8.72. The van der Waals surface area contributed by atoms with Gasteiger partial charge in [-0.25, -0.2) is 0 Å². The van der Waals surface area contributed by atoms with Crippen molar-refractivity contribution in [2.75, 3.05) is 6.61 Å². The van der Waals surface area contributed by atoms with E-state index >= 15 is 0 Å². The first-order chi connectivity index (χ1) is 11.6. The van der Waals surface area contributed by atoms with E-state index in [0.29, 0.717) is 0 Å². The van der Waals surface area contributed by atoms with Crippen molar-refractivity contribution >= 4 is 5.91 Å². The minimum Gasteiger partial charge on any atom is -0.484 e. The topological polar surface area (TPSA) is 38.3 Å². The van der Waals surface area contributed by atoms with Crippen molar-refractivity contribution in [1.82, 2.24) is 5.32 Å². The highest BCUT2D eigenvalue weighted by Crippen LogP contribution is 2.24. The monoisotopic (exact) mass is 323 g/mol. The van der Waals surface area contributed by atoms with Gasteiger partial charge in [0.2, 0.25) is 0 Å². The van der Waals surface area contributed by atoms with Gasteiger partial charge in [-0.15, -0.1) is 0 Å². The third-order valence-electron chi connectivity index (χ3n) is 4.64. The van der Waals surface area contributed by atoms with Gasteiger partial charge in [0.15, 0.2) is 6.61 Å². The summed E-state index contributed by atoms with van der Waals surface area (Å²) in [5.41, 5.74) is 5.24. The van der Waals surface area contributed by atoms with Gasteiger partial charge in [0.25, 0.3) is 5.91 Å². The lowest BCUT2D eigenvalue weighted by molar-refractivity contribution is -0.123. The van der Waals surface area contributed by atoms with E-state index in [0.717, 1.165) is 12.2 Å². The molecule has 0 bridgehead atoms. The number of rotatable bonds is 5. The number of carbonyl (C=O) groups excluding carboxylic acids is 1. The number of hydrogen-bond acceptors (Lipinski definition) is 2. The van der Waals surface area contributed by atoms with E-state index in [1.807, 2.05) is 38.1 Å². The lowest BCUT2D eigenvalue weighted by Crippen LogP contribution is -2.31. The fraction of sp³-hybridized carbons (Fsp3) is 0.381. The summed E-state index contributed by atoms with van der Waals surface area (Å²) in [5, 5.41) is 3.02. The van der Waals surface area contributed by atoms with Gasteiger partial charge in [0.05, 0.1) is 6.04 Å². The molecule has 1 N–H and O–H groups in total. The van der Waals surface area contributed by atoms with Crippen molar-refractivity contribution in [2.45, 2.75) is 45.6 Å². The fourth-order valence-electron chi connectivity index (χ4n) is 3.17. The third-order valence-corrected chi connectivity index (χ3v) is 4.64. The Hall–Kier alpha value is -2.29. The smallest absolute Gasteiger partial charge is 0.258 e. The highest BCUT2D eigenvalue weighted by atomic mass is 16.5. The molecule has 1 amide bonds. The first-order valence-corrected chi connectivity index (χ1v) is 8.72. The lowest BCUT2D eigenvalue weighted by atomic mass is 9.89. The number of hydrogen-bond donors (Lipinski definition) is 1. The Morgan fingerprint density at radius 1 is 1.08 bits per heavy atom. The van der Waals surface area contributed by atoms with E-state index < -0.39 is 0 Å². The van der Waals surface area contributed by atoms with Gasteiger partial charge in [-0.1, -0.05) is 35.9 Å². The Kier molecular flexibility index (Phi) is 5.19. The fourth-order valence-corrected chi connectivity index (χ4v) is 3.17. The number of ether oxygens (including phenoxy) is 1. The zero-order chi connectivity index (χ0) is 16.9. The van der Waals surface area contributed by atoms with E-state index in [4.69, 9.17) is 4.74 Å². The molecule has 2 aromatic carbocycles. The van der Waals surface area contributed by atoms with Crippen LogP contribution in [0.25, 0.3) is 0 Å². The van der Waals surface area contributed by atoms with Crippen molar-refractivity contribution in [1.29, 1.82) is 0 Å². The van der Waals surface area contributed by atoms with E-state index in [1.54, 1.807) is 0 Å². The molecule has 24 heavy (non-hydrogen) atoms. The van der Waals surface area contributed by atoms with Crippen molar-refractivity contribution in [3.05, 3.63) is 64.7 Å². The van der Waals surface area contributed by atoms with E-state index in [-0.39, 0.29) is 18.6 Å². The second-order valence-corrected chi connectivity index (χ2v) is 6.63. The molecule has 3 nitrogen and oxygen atoms in total. The Morgan fingerprint density at radius 2 is 1.79 bits per heavy atom. The van der Waals surface area contributed by atoms with Crippen LogP contribution >= 0.6 is 0 Å². The van der Waals surface area contributed by atoms with Gasteiger partial charge in [0.1, 0.15) is 5.75 Å². The minimum atomic E-state index is -0.0965. The molecule has 2 aromatic rings. The molecular weight excluding hydrogens is 298 g/mol. The van der Waals surface area contributed by atoms with Gasteiger partial charge in [-0.05, 0) is 68.4 Å². The normalized spacial score (nSPS) is 14.6. The number of carbonyl (C=O) groups is 1. The van der Waals surface area contributed by atoms with Crippen LogP contribution in [0.2, 0.25) is 0 Å². The van der Waals surface area contributed by atoms with Crippen LogP contribution < -0.4 is 10.1 Å². The summed E-state index contributed by atoms with van der Waals surface area (Å²) in [6.07, 6.45) is 4.89. The van der Waals surface area contributed by atoms with Gasteiger partial charge < -0.3 is 10.1 Å². The number of fused-ring (bicyclic) bond motifs is 1. The molecule has 0 saturated carbocycles. The van der Waals surface area contributed by atoms with Crippen LogP contribution in [0.5, 0.6) is 5.75 Å². The number of benzene rings is 2. The lowest BCUT2D eigenvalue weighted by Gasteiger charge is -2.20. The van der Waals surface area contributed by atoms with E-state index in [1.165, 1.54) is 41.5 Å². The maximum absolute atomic E-state index is 12.1. The predicted octanol–water partition coefficient (Wildman–Crippen LogP) is 4.13. The highest BCUT2D eigenvalue weighted by Gasteiger charge is 2.14. The summed E-state index contributed by atoms with van der Waals surface area (Å²) in [5.74, 6) is 0.623. The van der Waals surface area contributed by atoms with Crippen LogP contribution in [-0.2, 0) is 17.6 Å². The van der Waals surface area contributed by atoms with Crippen LogP contribution in [0.1, 0.15) is 48.1 Å². The molecule has 1 atom stereocenters. The van der Waals surface area contributed by atoms with Crippen LogP contribution in [-0.4, -0.2) is 12.5 Å². The molecule has 1 aliphatic rings. The van der Waals surface area contributed by atoms with Crippen molar-refractivity contribution in [3.63, 3.8) is 0 Å². The molecule has 3 heteroatoms. The number of amides is 1. The summed E-state index contributed by atoms with van der Waals surface area (Å²) in [6, 6.07) is 14.3. The molecule has 0 aliphatic heterocycles. The number of aryl methyl sites for hydroxylation is 3. The van der Waals surface area contributed by atoms with E-state index in [2.05, 4.69) is 23.5 Å². The first kappa shape index (κ1) is 16.6. The largest absolute Gasteiger partial charge is 0.484 e. The summed E-state index contributed by atoms with van der Waals surface area (Å²) < 4.78 is 5.54. The summed E-state index contributed by atoms with van der Waals surface area (Å²) in [6.45, 7) is 4.09. The predicted molar refractivity (Wildman–Crippen MR) is 96.3 cm³/mol. The van der Waals surface area contributed by atoms with Crippen molar-refractivity contribution in [3.8, 4) is 5.75 Å². The van der Waals surface area contributed by atoms with Crippen LogP contribution in [0.15, 0.2) is 42.5 Å². The average Bonchev–Trinajstić information content (AvgIpc) is 2.61. The minimum absolute atomic E-state index is 0.00801. The molecule has 0 saturated heterocycles. The Labute approximate surface area is 144 Å². The molecule has 0 aromatic heterocycles. The number of nitrogens with one attached hydrogen (secondary N) is 1. The summed E-state index contributed by atoms with van der Waals surface area (Å²) in [4.78, 5) is 12.1. The Balaban J connectivity index is 1.55. The maximum Gasteiger partial charge on any atom is 0.258 e. The molecule has 0 spiro atoms. The molecule has 0 radical (unpaired) electrons. The average molecular weight is 323 g/mol. The molecule has 0 heterocycles. The van der Waals surface area contributed by atoms with Crippen LogP contribution in [0.3, 0.4) is 0 Å². The molecule has 0 fully saturated rings. The summed E-state index contributed by atoms with van der Waals surface area (Å²) >= 11 is 0. The molecule has 3 rings (SSSR count). The van der Waals surface area contributed by atoms with Crippen molar-refractivity contribution in [2.24, 2.45) is 0 Å². The third kappa shape index (κ3) is 4.16. The standard InChI is InChI=1S/C21H25NO2/c1-15-7-11-20(12-8-15)24-14-21(23)22-16(2)18-10-9-17-5-3-4-6-19(17)13-18/h7-13,16H,3-6,14H2,1-2H3,(H,22,23)/t16-/m0/s1. The maximum atomic E-state index is 12.1. The quantitative estimate of drug-likeness (QED) is 0.898. The highest BCUT2D eigenvalue weighted by molar-refractivity contribution is 5.78. The van der Waals surface area contributed by atoms with Crippen molar-refractivity contribution < 1.29 is 9.53 Å². The van der Waals surface area contributed by atoms with Crippen LogP contribution in [0, 0.1) is 6.92 Å². The second-order valence-electron chi connectivity index (χ2n) is 6.63. The van der Waals surface area contributed by atoms with Gasteiger partial charge in [-0.3, -0.25) is 4.79 Å². The zero-order valence-electron chi connectivity index (χ0n) is 14.5. The van der Waals surface area contributed by atoms with Crippen LogP contribution in [0.4, 0.5) is 0 Å². The molecule has 1 aliphatic carbocycles. The van der Waals surface area contributed by atoms with E-state index in [9.17, 15) is 4.79 Å². The summed E-state index contributed by atoms with van der Waals surface area (Å²) in [7, 11) is 0. The van der Waals surface area contributed by atoms with Gasteiger partial charge in [0, 0.05) is 0 Å². The molecule has 0 unspecified atom stereocenters. The SMILES string of the molecule is Cc1ccc(OCC(=O)N[C@@H](C)c2ccc3c(c2)CCCC3)cc1. The van der Waals surface area contributed by atoms with Gasteiger partial charge >= 0.3 is 0 Å². The van der Waals surface area contributed by atoms with Gasteiger partial charge in [-0.2, -0.15) is 0 Å². The zero-order valence-corrected chi connectivity index (χ0v) is 14.5. The second kappa shape index (κ2) is 7.52.